The number of hydrogen-bond acceptors (Lipinski definition) is 8. The largest absolute Gasteiger partial charge is 0.449 e. The van der Waals surface area contributed by atoms with E-state index in [1.165, 1.54) is 7.05 Å². The zero-order chi connectivity index (χ0) is 13.7. The number of ether oxygens (including phenoxy) is 2. The minimum atomic E-state index is -0.817. The van der Waals surface area contributed by atoms with Gasteiger partial charge in [-0.2, -0.15) is 10.4 Å². The summed E-state index contributed by atoms with van der Waals surface area (Å²) in [5, 5.41) is 4.98. The summed E-state index contributed by atoms with van der Waals surface area (Å²) in [4.78, 5) is 39.2. The fourth-order valence-corrected chi connectivity index (χ4v) is 0.451. The highest BCUT2D eigenvalue weighted by Crippen LogP contribution is 1.88. The lowest BCUT2D eigenvalue weighted by Crippen LogP contribution is -2.21. The molecule has 0 radical (unpaired) electrons. The van der Waals surface area contributed by atoms with Crippen molar-refractivity contribution in [3.8, 4) is 0 Å². The highest BCUT2D eigenvalue weighted by molar-refractivity contribution is 5.66. The molecule has 0 aromatic rings. The molecule has 2 amide bonds. The maximum Gasteiger partial charge on any atom is 0.432 e. The van der Waals surface area contributed by atoms with Gasteiger partial charge in [0, 0.05) is 7.05 Å². The second kappa shape index (κ2) is 11.8. The van der Waals surface area contributed by atoms with Crippen LogP contribution in [-0.2, 0) is 9.47 Å². The first-order valence-electron chi connectivity index (χ1n) is 4.52. The van der Waals surface area contributed by atoms with E-state index in [9.17, 15) is 19.4 Å². The molecule has 0 saturated carbocycles. The van der Waals surface area contributed by atoms with Crippen molar-refractivity contribution in [2.24, 2.45) is 10.6 Å². The summed E-state index contributed by atoms with van der Waals surface area (Å²) in [5.74, 6) is 0. The van der Waals surface area contributed by atoms with Crippen LogP contribution in [0.2, 0.25) is 0 Å². The van der Waals surface area contributed by atoms with Crippen molar-refractivity contribution in [3.63, 3.8) is 0 Å². The third-order valence-electron chi connectivity index (χ3n) is 1.07. The van der Waals surface area contributed by atoms with Gasteiger partial charge >= 0.3 is 12.2 Å². The molecule has 0 fully saturated rings. The molecule has 0 atom stereocenters. The number of carbonyl (C=O) groups excluding carboxylic acids is 2. The van der Waals surface area contributed by atoms with Crippen molar-refractivity contribution >= 4 is 12.2 Å². The van der Waals surface area contributed by atoms with Crippen molar-refractivity contribution in [3.05, 3.63) is 9.81 Å². The Balaban J connectivity index is 0. The lowest BCUT2D eigenvalue weighted by Gasteiger charge is -2.04. The molecule has 98 valence electrons. The second-order valence-electron chi connectivity index (χ2n) is 2.23. The molecule has 10 nitrogen and oxygen atoms in total. The molecule has 0 aromatic carbocycles. The van der Waals surface area contributed by atoms with Gasteiger partial charge in [0.15, 0.2) is 0 Å². The minimum absolute atomic E-state index is 0.237. The van der Waals surface area contributed by atoms with Crippen molar-refractivity contribution in [1.82, 2.24) is 10.4 Å². The highest BCUT2D eigenvalue weighted by Gasteiger charge is 2.06. The van der Waals surface area contributed by atoms with Crippen molar-refractivity contribution in [1.29, 1.82) is 0 Å². The predicted octanol–water partition coefficient (Wildman–Crippen LogP) is 1.17. The molecule has 0 aliphatic carbocycles. The predicted molar refractivity (Wildman–Crippen MR) is 56.5 cm³/mol. The van der Waals surface area contributed by atoms with Gasteiger partial charge in [-0.15, -0.1) is 9.81 Å². The number of hydrogen-bond donors (Lipinski definition) is 1. The summed E-state index contributed by atoms with van der Waals surface area (Å²) < 4.78 is 8.63. The van der Waals surface area contributed by atoms with Crippen molar-refractivity contribution < 1.29 is 19.1 Å². The van der Waals surface area contributed by atoms with Crippen LogP contribution in [0.4, 0.5) is 9.59 Å². The quantitative estimate of drug-likeness (QED) is 0.589. The molecule has 17 heavy (non-hydrogen) atoms. The molecule has 0 aliphatic heterocycles. The summed E-state index contributed by atoms with van der Waals surface area (Å²) in [6.45, 7) is 3.76. The lowest BCUT2D eigenvalue weighted by molar-refractivity contribution is 0.117. The monoisotopic (exact) mass is 250 g/mol. The van der Waals surface area contributed by atoms with Crippen LogP contribution < -0.4 is 5.43 Å². The van der Waals surface area contributed by atoms with E-state index < -0.39 is 12.2 Å². The summed E-state index contributed by atoms with van der Waals surface area (Å²) in [7, 11) is 1.23. The SMILES string of the molecule is CCOC(=O)N(C)N=O.CCOC(=O)NN=O. The average Bonchev–Trinajstić information content (AvgIpc) is 2.30. The molecule has 0 aromatic heterocycles. The number of nitroso groups, excluding NO2 is 2. The summed E-state index contributed by atoms with van der Waals surface area (Å²) in [5.41, 5.74) is 1.55. The molecule has 0 rings (SSSR count). The van der Waals surface area contributed by atoms with Crippen LogP contribution in [0.3, 0.4) is 0 Å². The van der Waals surface area contributed by atoms with Gasteiger partial charge in [0.05, 0.1) is 23.8 Å². The first kappa shape index (κ1) is 17.1. The lowest BCUT2D eigenvalue weighted by atomic mass is 10.9. The zero-order valence-electron chi connectivity index (χ0n) is 9.71. The minimum Gasteiger partial charge on any atom is -0.449 e. The Bertz CT molecular complexity index is 259. The van der Waals surface area contributed by atoms with Gasteiger partial charge in [-0.05, 0) is 13.8 Å². The number of amides is 2. The summed E-state index contributed by atoms with van der Waals surface area (Å²) in [6, 6.07) is 0. The number of carbonyl (C=O) groups is 2. The van der Waals surface area contributed by atoms with Crippen LogP contribution in [-0.4, -0.2) is 37.5 Å². The summed E-state index contributed by atoms with van der Waals surface area (Å²) >= 11 is 0. The Hall–Kier alpha value is -2.26. The fourth-order valence-electron chi connectivity index (χ4n) is 0.451. The molecule has 0 saturated heterocycles. The normalized spacial score (nSPS) is 7.94. The Morgan fingerprint density at radius 3 is 2.06 bits per heavy atom. The molecule has 1 N–H and O–H groups in total. The number of nitrogens with one attached hydrogen (secondary N) is 1. The maximum atomic E-state index is 10.4. The maximum absolute atomic E-state index is 10.4. The topological polar surface area (TPSA) is 127 Å². The fraction of sp³-hybridized carbons (Fsp3) is 0.714. The number of rotatable bonds is 4. The molecule has 0 unspecified atom stereocenters. The molecule has 0 heterocycles. The van der Waals surface area contributed by atoms with E-state index in [-0.39, 0.29) is 13.2 Å². The molecule has 0 spiro atoms. The smallest absolute Gasteiger partial charge is 0.432 e. The zero-order valence-corrected chi connectivity index (χ0v) is 9.71. The molecular formula is C7H14N4O6. The average molecular weight is 250 g/mol. The van der Waals surface area contributed by atoms with E-state index in [2.05, 4.69) is 20.0 Å². The summed E-state index contributed by atoms with van der Waals surface area (Å²) in [6.07, 6.45) is -1.55. The Labute approximate surface area is 97.1 Å². The Morgan fingerprint density at radius 1 is 1.18 bits per heavy atom. The van der Waals surface area contributed by atoms with E-state index in [0.717, 1.165) is 0 Å². The third-order valence-corrected chi connectivity index (χ3v) is 1.07. The molecule has 0 bridgehead atoms. The van der Waals surface area contributed by atoms with Crippen LogP contribution in [0.5, 0.6) is 0 Å². The van der Waals surface area contributed by atoms with Crippen LogP contribution in [0.25, 0.3) is 0 Å². The molecule has 0 aliphatic rings. The molecular weight excluding hydrogens is 236 g/mol. The van der Waals surface area contributed by atoms with Gasteiger partial charge in [0.2, 0.25) is 0 Å². The highest BCUT2D eigenvalue weighted by atomic mass is 16.6. The van der Waals surface area contributed by atoms with Gasteiger partial charge in [0.1, 0.15) is 0 Å². The van der Waals surface area contributed by atoms with E-state index in [0.29, 0.717) is 5.01 Å². The van der Waals surface area contributed by atoms with Crippen LogP contribution in [0, 0.1) is 9.81 Å². The molecule has 10 heteroatoms. The Morgan fingerprint density at radius 2 is 1.71 bits per heavy atom. The van der Waals surface area contributed by atoms with Gasteiger partial charge in [0.25, 0.3) is 0 Å². The standard InChI is InChI=1S/C4H8N2O3.C3H6N2O3/c1-3-9-4(7)6(2)5-8;1-2-8-3(6)4-5-7/h3H2,1-2H3;2H2,1H3,(H,4,6,7). The Kier molecular flexibility index (Phi) is 11.9. The first-order chi connectivity index (χ1) is 8.03. The van der Waals surface area contributed by atoms with E-state index in [1.54, 1.807) is 19.3 Å². The second-order valence-corrected chi connectivity index (χ2v) is 2.23. The van der Waals surface area contributed by atoms with Gasteiger partial charge in [-0.1, -0.05) is 0 Å². The van der Waals surface area contributed by atoms with Gasteiger partial charge in [-0.25, -0.2) is 9.59 Å². The van der Waals surface area contributed by atoms with Crippen molar-refractivity contribution in [2.75, 3.05) is 20.3 Å². The van der Waals surface area contributed by atoms with Crippen LogP contribution in [0.1, 0.15) is 13.8 Å². The van der Waals surface area contributed by atoms with E-state index in [1.807, 2.05) is 0 Å². The van der Waals surface area contributed by atoms with Gasteiger partial charge in [-0.3, -0.25) is 0 Å². The van der Waals surface area contributed by atoms with Crippen LogP contribution >= 0.6 is 0 Å². The van der Waals surface area contributed by atoms with Crippen molar-refractivity contribution in [2.45, 2.75) is 13.8 Å². The van der Waals surface area contributed by atoms with Crippen LogP contribution in [0.15, 0.2) is 10.6 Å². The number of nitrogens with zero attached hydrogens (tertiary/aromatic N) is 3. The first-order valence-corrected chi connectivity index (χ1v) is 4.52. The van der Waals surface area contributed by atoms with E-state index in [4.69, 9.17) is 0 Å². The van der Waals surface area contributed by atoms with E-state index >= 15 is 0 Å². The third kappa shape index (κ3) is 11.7. The van der Waals surface area contributed by atoms with Gasteiger partial charge < -0.3 is 9.47 Å².